The third kappa shape index (κ3) is 4.00. The van der Waals surface area contributed by atoms with E-state index in [1.807, 2.05) is 30.1 Å². The normalized spacial score (nSPS) is 10.4. The average molecular weight is 192 g/mol. The van der Waals surface area contributed by atoms with E-state index in [9.17, 15) is 0 Å². The smallest absolute Gasteiger partial charge is 0.105 e. The van der Waals surface area contributed by atoms with Crippen LogP contribution in [0.25, 0.3) is 0 Å². The molecule has 0 aliphatic carbocycles. The van der Waals surface area contributed by atoms with Crippen molar-refractivity contribution in [3.05, 3.63) is 30.1 Å². The number of nitrogens with zero attached hydrogens (tertiary/aromatic N) is 2. The molecule has 0 bridgehead atoms. The Morgan fingerprint density at radius 3 is 2.93 bits per heavy atom. The Labute approximate surface area is 84.3 Å². The van der Waals surface area contributed by atoms with Crippen molar-refractivity contribution in [2.75, 3.05) is 20.1 Å². The summed E-state index contributed by atoms with van der Waals surface area (Å²) in [6.07, 6.45) is 2.69. The third-order valence-electron chi connectivity index (χ3n) is 1.92. The number of pyridine rings is 1. The van der Waals surface area contributed by atoms with Gasteiger partial charge in [-0.3, -0.25) is 15.3 Å². The second-order valence-electron chi connectivity index (χ2n) is 3.33. The van der Waals surface area contributed by atoms with E-state index in [-0.39, 0.29) is 5.84 Å². The van der Waals surface area contributed by atoms with Crippen LogP contribution < -0.4 is 5.73 Å². The first kappa shape index (κ1) is 10.7. The van der Waals surface area contributed by atoms with Crippen molar-refractivity contribution < 1.29 is 0 Å². The van der Waals surface area contributed by atoms with Crippen LogP contribution in [0.15, 0.2) is 24.4 Å². The van der Waals surface area contributed by atoms with Gasteiger partial charge in [0.15, 0.2) is 0 Å². The minimum absolute atomic E-state index is 0.202. The Morgan fingerprint density at radius 1 is 1.57 bits per heavy atom. The highest BCUT2D eigenvalue weighted by atomic mass is 15.1. The summed E-state index contributed by atoms with van der Waals surface area (Å²) >= 11 is 0. The summed E-state index contributed by atoms with van der Waals surface area (Å²) < 4.78 is 0. The second-order valence-corrected chi connectivity index (χ2v) is 3.33. The quantitative estimate of drug-likeness (QED) is 0.527. The Bertz CT molecular complexity index is 283. The molecule has 0 amide bonds. The first-order chi connectivity index (χ1) is 6.68. The zero-order chi connectivity index (χ0) is 10.4. The largest absolute Gasteiger partial charge is 0.387 e. The summed E-state index contributed by atoms with van der Waals surface area (Å²) in [5.74, 6) is 0.202. The molecule has 0 radical (unpaired) electrons. The summed E-state index contributed by atoms with van der Waals surface area (Å²) in [7, 11) is 1.95. The number of hydrogen-bond acceptors (Lipinski definition) is 3. The van der Waals surface area contributed by atoms with E-state index in [0.717, 1.165) is 18.7 Å². The van der Waals surface area contributed by atoms with Crippen LogP contribution in [0.4, 0.5) is 0 Å². The lowest BCUT2D eigenvalue weighted by molar-refractivity contribution is 0.382. The maximum atomic E-state index is 7.13. The van der Waals surface area contributed by atoms with Gasteiger partial charge in [0.2, 0.25) is 0 Å². The van der Waals surface area contributed by atoms with Gasteiger partial charge in [0.05, 0.1) is 6.54 Å². The van der Waals surface area contributed by atoms with Gasteiger partial charge in [-0.15, -0.1) is 0 Å². The standard InChI is InChI=1S/C10H16N4/c1-14(8-10(11)12)7-5-9-4-2-3-6-13-9/h2-4,6H,5,7-8H2,1H3,(H3,11,12). The predicted molar refractivity (Wildman–Crippen MR) is 57.4 cm³/mol. The highest BCUT2D eigenvalue weighted by Gasteiger charge is 2.00. The summed E-state index contributed by atoms with van der Waals surface area (Å²) in [4.78, 5) is 6.23. The van der Waals surface area contributed by atoms with Crippen molar-refractivity contribution in [1.29, 1.82) is 5.41 Å². The summed E-state index contributed by atoms with van der Waals surface area (Å²) in [5.41, 5.74) is 6.36. The fraction of sp³-hybridized carbons (Fsp3) is 0.400. The van der Waals surface area contributed by atoms with Crippen molar-refractivity contribution in [3.63, 3.8) is 0 Å². The monoisotopic (exact) mass is 192 g/mol. The molecule has 3 N–H and O–H groups in total. The number of nitrogens with one attached hydrogen (secondary N) is 1. The molecule has 0 spiro atoms. The minimum atomic E-state index is 0.202. The number of rotatable bonds is 5. The maximum Gasteiger partial charge on any atom is 0.105 e. The van der Waals surface area contributed by atoms with Gasteiger partial charge in [-0.1, -0.05) is 6.07 Å². The van der Waals surface area contributed by atoms with E-state index >= 15 is 0 Å². The predicted octanol–water partition coefficient (Wildman–Crippen LogP) is 0.492. The molecule has 4 nitrogen and oxygen atoms in total. The van der Waals surface area contributed by atoms with Gasteiger partial charge in [0.25, 0.3) is 0 Å². The Morgan fingerprint density at radius 2 is 2.36 bits per heavy atom. The van der Waals surface area contributed by atoms with Gasteiger partial charge in [-0.05, 0) is 19.2 Å². The summed E-state index contributed by atoms with van der Waals surface area (Å²) in [6, 6.07) is 5.89. The van der Waals surface area contributed by atoms with Gasteiger partial charge in [0, 0.05) is 24.9 Å². The van der Waals surface area contributed by atoms with Crippen LogP contribution in [0, 0.1) is 5.41 Å². The molecule has 1 aromatic rings. The molecule has 1 aromatic heterocycles. The molecule has 0 aliphatic heterocycles. The molecular formula is C10H16N4. The lowest BCUT2D eigenvalue weighted by Gasteiger charge is -2.14. The molecule has 76 valence electrons. The Hall–Kier alpha value is -1.42. The molecule has 4 heteroatoms. The molecule has 0 saturated heterocycles. The van der Waals surface area contributed by atoms with Crippen molar-refractivity contribution in [2.24, 2.45) is 5.73 Å². The SMILES string of the molecule is CN(CCc1ccccn1)CC(=N)N. The minimum Gasteiger partial charge on any atom is -0.387 e. The van der Waals surface area contributed by atoms with Crippen LogP contribution in [-0.2, 0) is 6.42 Å². The summed E-state index contributed by atoms with van der Waals surface area (Å²) in [6.45, 7) is 1.39. The van der Waals surface area contributed by atoms with Crippen LogP contribution in [0.2, 0.25) is 0 Å². The van der Waals surface area contributed by atoms with E-state index in [1.165, 1.54) is 0 Å². The molecular weight excluding hydrogens is 176 g/mol. The zero-order valence-corrected chi connectivity index (χ0v) is 8.40. The van der Waals surface area contributed by atoms with Gasteiger partial charge in [-0.2, -0.15) is 0 Å². The zero-order valence-electron chi connectivity index (χ0n) is 8.40. The molecule has 0 atom stereocenters. The van der Waals surface area contributed by atoms with Crippen LogP contribution in [0.5, 0.6) is 0 Å². The molecule has 14 heavy (non-hydrogen) atoms. The second kappa shape index (κ2) is 5.34. The molecule has 0 aliphatic rings. The maximum absolute atomic E-state index is 7.13. The van der Waals surface area contributed by atoms with E-state index < -0.39 is 0 Å². The van der Waals surface area contributed by atoms with Crippen molar-refractivity contribution in [1.82, 2.24) is 9.88 Å². The first-order valence-electron chi connectivity index (χ1n) is 4.60. The highest BCUT2D eigenvalue weighted by Crippen LogP contribution is 1.95. The number of hydrogen-bond donors (Lipinski definition) is 2. The first-order valence-corrected chi connectivity index (χ1v) is 4.60. The molecule has 0 saturated carbocycles. The van der Waals surface area contributed by atoms with E-state index in [0.29, 0.717) is 6.54 Å². The topological polar surface area (TPSA) is 66.0 Å². The van der Waals surface area contributed by atoms with Gasteiger partial charge >= 0.3 is 0 Å². The molecule has 0 unspecified atom stereocenters. The van der Waals surface area contributed by atoms with Crippen LogP contribution in [-0.4, -0.2) is 35.9 Å². The van der Waals surface area contributed by atoms with Crippen molar-refractivity contribution in [2.45, 2.75) is 6.42 Å². The number of nitrogens with two attached hydrogens (primary N) is 1. The van der Waals surface area contributed by atoms with E-state index in [4.69, 9.17) is 11.1 Å². The van der Waals surface area contributed by atoms with E-state index in [2.05, 4.69) is 4.98 Å². The fourth-order valence-electron chi connectivity index (χ4n) is 1.22. The Kier molecular flexibility index (Phi) is 4.07. The molecule has 0 aromatic carbocycles. The van der Waals surface area contributed by atoms with Crippen LogP contribution in [0.1, 0.15) is 5.69 Å². The Balaban J connectivity index is 2.30. The van der Waals surface area contributed by atoms with Gasteiger partial charge < -0.3 is 5.73 Å². The molecule has 1 rings (SSSR count). The molecule has 1 heterocycles. The van der Waals surface area contributed by atoms with Gasteiger partial charge in [0.1, 0.15) is 5.84 Å². The number of likely N-dealkylation sites (N-methyl/N-ethyl adjacent to an activating group) is 1. The highest BCUT2D eigenvalue weighted by molar-refractivity contribution is 5.78. The lowest BCUT2D eigenvalue weighted by atomic mass is 10.2. The van der Waals surface area contributed by atoms with E-state index in [1.54, 1.807) is 6.20 Å². The third-order valence-corrected chi connectivity index (χ3v) is 1.92. The van der Waals surface area contributed by atoms with Crippen LogP contribution in [0.3, 0.4) is 0 Å². The lowest BCUT2D eigenvalue weighted by Crippen LogP contribution is -2.31. The summed E-state index contributed by atoms with van der Waals surface area (Å²) in [5, 5.41) is 7.13. The molecule has 0 fully saturated rings. The average Bonchev–Trinajstić information content (AvgIpc) is 2.15. The number of amidine groups is 1. The van der Waals surface area contributed by atoms with Gasteiger partial charge in [-0.25, -0.2) is 0 Å². The van der Waals surface area contributed by atoms with Crippen molar-refractivity contribution in [3.8, 4) is 0 Å². The number of aromatic nitrogens is 1. The fourth-order valence-corrected chi connectivity index (χ4v) is 1.22. The van der Waals surface area contributed by atoms with Crippen molar-refractivity contribution >= 4 is 5.84 Å². The van der Waals surface area contributed by atoms with Crippen LogP contribution >= 0.6 is 0 Å².